The molecule has 0 saturated carbocycles. The molecule has 0 unspecified atom stereocenters. The predicted molar refractivity (Wildman–Crippen MR) is 119 cm³/mol. The minimum Gasteiger partial charge on any atom is -0.355 e. The van der Waals surface area contributed by atoms with Crippen LogP contribution in [0.5, 0.6) is 0 Å². The zero-order chi connectivity index (χ0) is 20.5. The largest absolute Gasteiger partial charge is 0.355 e. The summed E-state index contributed by atoms with van der Waals surface area (Å²) in [7, 11) is 0. The van der Waals surface area contributed by atoms with Gasteiger partial charge in [-0.25, -0.2) is 4.98 Å². The highest BCUT2D eigenvalue weighted by Crippen LogP contribution is 2.31. The zero-order valence-corrected chi connectivity index (χ0v) is 17.7. The number of hydrogen-bond acceptors (Lipinski definition) is 5. The van der Waals surface area contributed by atoms with Crippen molar-refractivity contribution in [2.45, 2.75) is 43.5 Å². The second-order valence-electron chi connectivity index (χ2n) is 6.68. The lowest BCUT2D eigenvalue weighted by molar-refractivity contribution is -0.120. The van der Waals surface area contributed by atoms with Gasteiger partial charge in [0.2, 0.25) is 11.1 Å². The molecule has 0 saturated heterocycles. The van der Waals surface area contributed by atoms with Crippen molar-refractivity contribution in [3.05, 3.63) is 60.7 Å². The molecule has 0 radical (unpaired) electrons. The first kappa shape index (κ1) is 21.0. The van der Waals surface area contributed by atoms with Crippen LogP contribution in [-0.2, 0) is 4.79 Å². The molecule has 3 aromatic rings. The highest BCUT2D eigenvalue weighted by atomic mass is 32.2. The summed E-state index contributed by atoms with van der Waals surface area (Å²) in [5.41, 5.74) is 3.45. The molecule has 1 atom stereocenters. The number of thioether (sulfide) groups is 1. The van der Waals surface area contributed by atoms with Crippen molar-refractivity contribution in [3.8, 4) is 22.5 Å². The van der Waals surface area contributed by atoms with Gasteiger partial charge in [0, 0.05) is 17.7 Å². The second kappa shape index (κ2) is 10.7. The van der Waals surface area contributed by atoms with Gasteiger partial charge in [0.1, 0.15) is 11.4 Å². The van der Waals surface area contributed by atoms with Crippen LogP contribution >= 0.6 is 11.8 Å². The quantitative estimate of drug-likeness (QED) is 0.400. The van der Waals surface area contributed by atoms with E-state index in [0.717, 1.165) is 35.4 Å². The molecule has 29 heavy (non-hydrogen) atoms. The fourth-order valence-corrected chi connectivity index (χ4v) is 3.74. The van der Waals surface area contributed by atoms with E-state index < -0.39 is 0 Å². The minimum atomic E-state index is -0.236. The summed E-state index contributed by atoms with van der Waals surface area (Å²) in [5, 5.41) is 12.1. The Balaban J connectivity index is 1.90. The maximum atomic E-state index is 12.5. The first-order valence-corrected chi connectivity index (χ1v) is 10.9. The normalized spacial score (nSPS) is 11.8. The number of carbonyl (C=O) groups excluding carboxylic acids is 1. The Hall–Kier alpha value is -2.73. The third-order valence-electron chi connectivity index (χ3n) is 4.50. The molecule has 0 aliphatic heterocycles. The molecule has 0 spiro atoms. The van der Waals surface area contributed by atoms with Crippen LogP contribution in [0.4, 0.5) is 0 Å². The van der Waals surface area contributed by atoms with Crippen LogP contribution in [0.2, 0.25) is 0 Å². The van der Waals surface area contributed by atoms with Gasteiger partial charge in [-0.05, 0) is 12.8 Å². The summed E-state index contributed by atoms with van der Waals surface area (Å²) in [6.45, 7) is 4.81. The molecule has 5 nitrogen and oxygen atoms in total. The van der Waals surface area contributed by atoms with Crippen LogP contribution in [0.15, 0.2) is 65.8 Å². The maximum Gasteiger partial charge on any atom is 0.233 e. The third-order valence-corrected chi connectivity index (χ3v) is 5.72. The van der Waals surface area contributed by atoms with Crippen LogP contribution < -0.4 is 5.32 Å². The number of unbranched alkanes of at least 4 members (excludes halogenated alkanes) is 1. The van der Waals surface area contributed by atoms with Crippen LogP contribution in [-0.4, -0.2) is 32.9 Å². The standard InChI is InChI=1S/C23H26N4OS/c1-3-5-16-24-22(28)19(4-2)29-23-25-20(17-12-8-6-9-13-17)21(26-27-23)18-14-10-7-11-15-18/h6-15,19H,3-5,16H2,1-2H3,(H,24,28)/t19-/m1/s1. The molecule has 2 aromatic carbocycles. The van der Waals surface area contributed by atoms with Gasteiger partial charge in [-0.2, -0.15) is 0 Å². The SMILES string of the molecule is CCCCNC(=O)[C@@H](CC)Sc1nnc(-c2ccccc2)c(-c2ccccc2)n1. The number of aromatic nitrogens is 3. The second-order valence-corrected chi connectivity index (χ2v) is 7.85. The molecule has 6 heteroatoms. The fraction of sp³-hybridized carbons (Fsp3) is 0.304. The summed E-state index contributed by atoms with van der Waals surface area (Å²) in [6.07, 6.45) is 2.74. The van der Waals surface area contributed by atoms with E-state index in [1.807, 2.05) is 67.6 Å². The number of rotatable bonds is 9. The molecule has 1 N–H and O–H groups in total. The van der Waals surface area contributed by atoms with Crippen molar-refractivity contribution in [1.29, 1.82) is 0 Å². The molecular weight excluding hydrogens is 380 g/mol. The van der Waals surface area contributed by atoms with Crippen molar-refractivity contribution in [2.75, 3.05) is 6.54 Å². The van der Waals surface area contributed by atoms with Crippen LogP contribution in [0, 0.1) is 0 Å². The average molecular weight is 407 g/mol. The molecule has 150 valence electrons. The molecule has 0 aliphatic carbocycles. The third kappa shape index (κ3) is 5.64. The van der Waals surface area contributed by atoms with E-state index in [2.05, 4.69) is 22.4 Å². The summed E-state index contributed by atoms with van der Waals surface area (Å²) >= 11 is 1.37. The predicted octanol–water partition coefficient (Wildman–Crippen LogP) is 4.99. The molecular formula is C23H26N4OS. The van der Waals surface area contributed by atoms with Gasteiger partial charge >= 0.3 is 0 Å². The van der Waals surface area contributed by atoms with Crippen molar-refractivity contribution in [2.24, 2.45) is 0 Å². The number of amides is 1. The Labute approximate surface area is 176 Å². The van der Waals surface area contributed by atoms with E-state index >= 15 is 0 Å². The Bertz CT molecular complexity index is 919. The Kier molecular flexibility index (Phi) is 7.76. The molecule has 1 aromatic heterocycles. The topological polar surface area (TPSA) is 67.8 Å². The van der Waals surface area contributed by atoms with Gasteiger partial charge in [-0.1, -0.05) is 92.7 Å². The molecule has 1 heterocycles. The summed E-state index contributed by atoms with van der Waals surface area (Å²) in [6, 6.07) is 19.9. The highest BCUT2D eigenvalue weighted by molar-refractivity contribution is 8.00. The highest BCUT2D eigenvalue weighted by Gasteiger charge is 2.21. The Morgan fingerprint density at radius 2 is 1.55 bits per heavy atom. The van der Waals surface area contributed by atoms with Crippen LogP contribution in [0.25, 0.3) is 22.5 Å². The van der Waals surface area contributed by atoms with Gasteiger partial charge in [0.15, 0.2) is 0 Å². The Morgan fingerprint density at radius 3 is 2.14 bits per heavy atom. The molecule has 0 aliphatic rings. The Morgan fingerprint density at radius 1 is 0.931 bits per heavy atom. The maximum absolute atomic E-state index is 12.5. The fourth-order valence-electron chi connectivity index (χ4n) is 2.90. The van der Waals surface area contributed by atoms with Crippen molar-refractivity contribution < 1.29 is 4.79 Å². The van der Waals surface area contributed by atoms with Crippen molar-refractivity contribution >= 4 is 17.7 Å². The first-order chi connectivity index (χ1) is 14.2. The number of nitrogens with one attached hydrogen (secondary N) is 1. The lowest BCUT2D eigenvalue weighted by Gasteiger charge is -2.14. The molecule has 0 fully saturated rings. The lowest BCUT2D eigenvalue weighted by Crippen LogP contribution is -2.33. The minimum absolute atomic E-state index is 0.0305. The van der Waals surface area contributed by atoms with E-state index in [9.17, 15) is 4.79 Å². The number of nitrogens with zero attached hydrogens (tertiary/aromatic N) is 3. The van der Waals surface area contributed by atoms with E-state index in [1.165, 1.54) is 11.8 Å². The van der Waals surface area contributed by atoms with Crippen LogP contribution in [0.1, 0.15) is 33.1 Å². The van der Waals surface area contributed by atoms with Gasteiger partial charge in [0.25, 0.3) is 0 Å². The van der Waals surface area contributed by atoms with Gasteiger partial charge in [-0.3, -0.25) is 4.79 Å². The first-order valence-electron chi connectivity index (χ1n) is 10.0. The van der Waals surface area contributed by atoms with Crippen LogP contribution in [0.3, 0.4) is 0 Å². The zero-order valence-electron chi connectivity index (χ0n) is 16.8. The van der Waals surface area contributed by atoms with E-state index in [1.54, 1.807) is 0 Å². The lowest BCUT2D eigenvalue weighted by atomic mass is 10.0. The number of hydrogen-bond donors (Lipinski definition) is 1. The number of benzene rings is 2. The van der Waals surface area contributed by atoms with Gasteiger partial charge < -0.3 is 5.32 Å². The smallest absolute Gasteiger partial charge is 0.233 e. The average Bonchev–Trinajstić information content (AvgIpc) is 2.78. The molecule has 3 rings (SSSR count). The van der Waals surface area contributed by atoms with Crippen molar-refractivity contribution in [1.82, 2.24) is 20.5 Å². The van der Waals surface area contributed by atoms with Gasteiger partial charge in [0.05, 0.1) is 5.25 Å². The van der Waals surface area contributed by atoms with Gasteiger partial charge in [-0.15, -0.1) is 10.2 Å². The van der Waals surface area contributed by atoms with E-state index in [-0.39, 0.29) is 11.2 Å². The number of carbonyl (C=O) groups is 1. The molecule has 1 amide bonds. The van der Waals surface area contributed by atoms with E-state index in [4.69, 9.17) is 4.98 Å². The summed E-state index contributed by atoms with van der Waals surface area (Å²) in [5.74, 6) is 0.0305. The monoisotopic (exact) mass is 406 g/mol. The molecule has 0 bridgehead atoms. The summed E-state index contributed by atoms with van der Waals surface area (Å²) in [4.78, 5) is 17.3. The summed E-state index contributed by atoms with van der Waals surface area (Å²) < 4.78 is 0. The van der Waals surface area contributed by atoms with E-state index in [0.29, 0.717) is 18.1 Å². The van der Waals surface area contributed by atoms with Crippen molar-refractivity contribution in [3.63, 3.8) is 0 Å².